The van der Waals surface area contributed by atoms with Crippen LogP contribution in [0.4, 0.5) is 11.4 Å². The van der Waals surface area contributed by atoms with Crippen LogP contribution in [0.25, 0.3) is 0 Å². The number of unbranched alkanes of at least 4 members (excludes halogenated alkanes) is 2. The molecule has 0 saturated carbocycles. The first-order chi connectivity index (χ1) is 9.19. The summed E-state index contributed by atoms with van der Waals surface area (Å²) in [5.41, 5.74) is 7.96. The maximum Gasteiger partial charge on any atom is 0.251 e. The summed E-state index contributed by atoms with van der Waals surface area (Å²) in [5.74, 6) is -0.127. The monoisotopic (exact) mass is 265 g/mol. The zero-order valence-corrected chi connectivity index (χ0v) is 11.7. The molecule has 0 heterocycles. The molecule has 0 atom stereocenters. The first kappa shape index (κ1) is 15.3. The summed E-state index contributed by atoms with van der Waals surface area (Å²) in [6.07, 6.45) is 3.26. The third-order valence-corrected chi connectivity index (χ3v) is 2.88. The van der Waals surface area contributed by atoms with Crippen LogP contribution in [0.2, 0.25) is 0 Å². The molecular formula is C14H23N3O2. The van der Waals surface area contributed by atoms with Crippen LogP contribution >= 0.6 is 0 Å². The van der Waals surface area contributed by atoms with Gasteiger partial charge in [-0.05, 0) is 37.5 Å². The minimum absolute atomic E-state index is 0.127. The van der Waals surface area contributed by atoms with Crippen LogP contribution in [0.15, 0.2) is 18.2 Å². The largest absolute Gasteiger partial charge is 0.397 e. The van der Waals surface area contributed by atoms with Gasteiger partial charge in [-0.3, -0.25) is 4.79 Å². The zero-order chi connectivity index (χ0) is 14.1. The highest BCUT2D eigenvalue weighted by molar-refractivity contribution is 5.95. The lowest BCUT2D eigenvalue weighted by molar-refractivity contribution is 0.0963. The number of hydrogen-bond donors (Lipinski definition) is 3. The summed E-state index contributed by atoms with van der Waals surface area (Å²) in [6, 6.07) is 5.30. The zero-order valence-electron chi connectivity index (χ0n) is 11.7. The number of ether oxygens (including phenoxy) is 1. The fourth-order valence-electron chi connectivity index (χ4n) is 1.78. The number of carbonyl (C=O) groups is 1. The van der Waals surface area contributed by atoms with Crippen molar-refractivity contribution in [3.8, 4) is 0 Å². The maximum absolute atomic E-state index is 11.4. The van der Waals surface area contributed by atoms with E-state index < -0.39 is 0 Å². The van der Waals surface area contributed by atoms with Gasteiger partial charge in [0, 0.05) is 32.9 Å². The Hall–Kier alpha value is -1.75. The van der Waals surface area contributed by atoms with Gasteiger partial charge in [0.2, 0.25) is 0 Å². The number of nitrogens with two attached hydrogens (primary N) is 1. The van der Waals surface area contributed by atoms with Gasteiger partial charge >= 0.3 is 0 Å². The van der Waals surface area contributed by atoms with Crippen LogP contribution in [0.3, 0.4) is 0 Å². The summed E-state index contributed by atoms with van der Waals surface area (Å²) >= 11 is 0. The molecule has 0 aromatic heterocycles. The predicted octanol–water partition coefficient (Wildman–Crippen LogP) is 1.86. The van der Waals surface area contributed by atoms with Gasteiger partial charge in [-0.25, -0.2) is 0 Å². The Morgan fingerprint density at radius 1 is 1.32 bits per heavy atom. The lowest BCUT2D eigenvalue weighted by Gasteiger charge is -2.10. The number of hydrogen-bond acceptors (Lipinski definition) is 4. The van der Waals surface area contributed by atoms with Crippen molar-refractivity contribution in [3.05, 3.63) is 23.8 Å². The highest BCUT2D eigenvalue weighted by atomic mass is 16.5. The molecule has 0 aliphatic carbocycles. The third-order valence-electron chi connectivity index (χ3n) is 2.88. The Morgan fingerprint density at radius 2 is 2.11 bits per heavy atom. The molecule has 5 nitrogen and oxygen atoms in total. The van der Waals surface area contributed by atoms with Crippen molar-refractivity contribution in [2.75, 3.05) is 38.4 Å². The molecule has 106 valence electrons. The van der Waals surface area contributed by atoms with E-state index in [-0.39, 0.29) is 5.91 Å². The van der Waals surface area contributed by atoms with Crippen molar-refractivity contribution in [2.24, 2.45) is 0 Å². The van der Waals surface area contributed by atoms with Gasteiger partial charge in [0.05, 0.1) is 11.4 Å². The van der Waals surface area contributed by atoms with Gasteiger partial charge < -0.3 is 21.1 Å². The van der Waals surface area contributed by atoms with Crippen LogP contribution in [-0.2, 0) is 4.74 Å². The average Bonchev–Trinajstić information content (AvgIpc) is 2.43. The minimum atomic E-state index is -0.127. The number of nitrogen functional groups attached to an aromatic ring is 1. The average molecular weight is 265 g/mol. The number of amides is 1. The lowest BCUT2D eigenvalue weighted by Crippen LogP contribution is -2.18. The Labute approximate surface area is 114 Å². The molecular weight excluding hydrogens is 242 g/mol. The van der Waals surface area contributed by atoms with Gasteiger partial charge in [-0.15, -0.1) is 0 Å². The van der Waals surface area contributed by atoms with E-state index in [9.17, 15) is 4.79 Å². The highest BCUT2D eigenvalue weighted by Gasteiger charge is 2.05. The van der Waals surface area contributed by atoms with E-state index in [0.29, 0.717) is 11.3 Å². The predicted molar refractivity (Wildman–Crippen MR) is 78.5 cm³/mol. The third kappa shape index (κ3) is 5.18. The first-order valence-electron chi connectivity index (χ1n) is 6.53. The van der Waals surface area contributed by atoms with Crippen molar-refractivity contribution in [1.29, 1.82) is 0 Å². The first-order valence-corrected chi connectivity index (χ1v) is 6.53. The normalized spacial score (nSPS) is 10.2. The van der Waals surface area contributed by atoms with E-state index in [1.54, 1.807) is 26.3 Å². The fourth-order valence-corrected chi connectivity index (χ4v) is 1.78. The van der Waals surface area contributed by atoms with Crippen LogP contribution in [0, 0.1) is 0 Å². The van der Waals surface area contributed by atoms with E-state index >= 15 is 0 Å². The second kappa shape index (κ2) is 8.37. The summed E-state index contributed by atoms with van der Waals surface area (Å²) in [6.45, 7) is 1.68. The van der Waals surface area contributed by atoms with Gasteiger partial charge in [0.1, 0.15) is 0 Å². The molecule has 0 bridgehead atoms. The molecule has 0 fully saturated rings. The lowest BCUT2D eigenvalue weighted by atomic mass is 10.1. The second-order valence-corrected chi connectivity index (χ2v) is 4.36. The summed E-state index contributed by atoms with van der Waals surface area (Å²) in [7, 11) is 3.32. The smallest absolute Gasteiger partial charge is 0.251 e. The molecule has 1 aromatic carbocycles. The molecule has 1 aromatic rings. The van der Waals surface area contributed by atoms with Gasteiger partial charge in [0.15, 0.2) is 0 Å². The number of rotatable bonds is 8. The molecule has 1 rings (SSSR count). The SMILES string of the molecule is CNC(=O)c1ccc(NCCCCCOC)c(N)c1. The summed E-state index contributed by atoms with van der Waals surface area (Å²) < 4.78 is 4.99. The number of nitrogens with one attached hydrogen (secondary N) is 2. The van der Waals surface area contributed by atoms with Gasteiger partial charge in [-0.2, -0.15) is 0 Å². The molecule has 19 heavy (non-hydrogen) atoms. The number of carbonyl (C=O) groups excluding carboxylic acids is 1. The van der Waals surface area contributed by atoms with E-state index in [2.05, 4.69) is 10.6 Å². The highest BCUT2D eigenvalue weighted by Crippen LogP contribution is 2.19. The second-order valence-electron chi connectivity index (χ2n) is 4.36. The summed E-state index contributed by atoms with van der Waals surface area (Å²) in [5, 5.41) is 5.85. The van der Waals surface area contributed by atoms with Crippen LogP contribution in [0.5, 0.6) is 0 Å². The number of benzene rings is 1. The minimum Gasteiger partial charge on any atom is -0.397 e. The standard InChI is InChI=1S/C14H23N3O2/c1-16-14(18)11-6-7-13(12(15)10-11)17-8-4-3-5-9-19-2/h6-7,10,17H,3-5,8-9,15H2,1-2H3,(H,16,18). The summed E-state index contributed by atoms with van der Waals surface area (Å²) in [4.78, 5) is 11.4. The van der Waals surface area contributed by atoms with Gasteiger partial charge in [0.25, 0.3) is 5.91 Å². The molecule has 0 unspecified atom stereocenters. The Bertz CT molecular complexity index is 408. The molecule has 0 radical (unpaired) electrons. The maximum atomic E-state index is 11.4. The van der Waals surface area contributed by atoms with E-state index in [1.165, 1.54) is 0 Å². The van der Waals surface area contributed by atoms with Crippen LogP contribution in [-0.4, -0.2) is 33.2 Å². The van der Waals surface area contributed by atoms with Crippen molar-refractivity contribution in [1.82, 2.24) is 5.32 Å². The Kier molecular flexibility index (Phi) is 6.74. The van der Waals surface area contributed by atoms with E-state index in [1.807, 2.05) is 6.07 Å². The van der Waals surface area contributed by atoms with E-state index in [0.717, 1.165) is 38.1 Å². The van der Waals surface area contributed by atoms with Crippen molar-refractivity contribution < 1.29 is 9.53 Å². The molecule has 0 spiro atoms. The Balaban J connectivity index is 2.40. The molecule has 4 N–H and O–H groups in total. The van der Waals surface area contributed by atoms with Crippen molar-refractivity contribution in [3.63, 3.8) is 0 Å². The molecule has 0 aliphatic rings. The van der Waals surface area contributed by atoms with Crippen LogP contribution < -0.4 is 16.4 Å². The van der Waals surface area contributed by atoms with Crippen molar-refractivity contribution in [2.45, 2.75) is 19.3 Å². The van der Waals surface area contributed by atoms with E-state index in [4.69, 9.17) is 10.5 Å². The van der Waals surface area contributed by atoms with Crippen molar-refractivity contribution >= 4 is 17.3 Å². The molecule has 5 heteroatoms. The molecule has 0 saturated heterocycles. The van der Waals surface area contributed by atoms with Gasteiger partial charge in [-0.1, -0.05) is 0 Å². The molecule has 0 aliphatic heterocycles. The number of methoxy groups -OCH3 is 1. The number of anilines is 2. The fraction of sp³-hybridized carbons (Fsp3) is 0.500. The van der Waals surface area contributed by atoms with Crippen LogP contribution in [0.1, 0.15) is 29.6 Å². The topological polar surface area (TPSA) is 76.4 Å². The molecule has 1 amide bonds. The Morgan fingerprint density at radius 3 is 2.74 bits per heavy atom. The quantitative estimate of drug-likeness (QED) is 0.495.